The van der Waals surface area contributed by atoms with Crippen LogP contribution in [0.2, 0.25) is 0 Å². The number of primary amides is 1. The zero-order chi connectivity index (χ0) is 21.8. The lowest BCUT2D eigenvalue weighted by Crippen LogP contribution is -2.13. The van der Waals surface area contributed by atoms with Crippen molar-refractivity contribution in [3.8, 4) is 28.3 Å². The van der Waals surface area contributed by atoms with Gasteiger partial charge in [0.25, 0.3) is 11.6 Å². The molecular formula is C24H19N3O4. The molecular weight excluding hydrogens is 394 g/mol. The lowest BCUT2D eigenvalue weighted by molar-refractivity contribution is -0.384. The van der Waals surface area contributed by atoms with E-state index in [0.29, 0.717) is 28.3 Å². The SMILES string of the molecule is NC(=O)c1ccc(-c2cccc([N+](=O)[O-])c2)nc1-c1ccc(OC2=CCCC=C2)cc1. The van der Waals surface area contributed by atoms with Gasteiger partial charge in [0, 0.05) is 23.3 Å². The average molecular weight is 413 g/mol. The van der Waals surface area contributed by atoms with Gasteiger partial charge in [0.05, 0.1) is 21.9 Å². The Morgan fingerprint density at radius 2 is 1.84 bits per heavy atom. The molecule has 0 spiro atoms. The van der Waals surface area contributed by atoms with E-state index >= 15 is 0 Å². The van der Waals surface area contributed by atoms with Crippen LogP contribution in [-0.4, -0.2) is 15.8 Å². The molecule has 0 fully saturated rings. The fourth-order valence-electron chi connectivity index (χ4n) is 3.30. The normalized spacial score (nSPS) is 12.8. The summed E-state index contributed by atoms with van der Waals surface area (Å²) in [6, 6.07) is 16.6. The highest BCUT2D eigenvalue weighted by Gasteiger charge is 2.15. The minimum atomic E-state index is -0.606. The zero-order valence-electron chi connectivity index (χ0n) is 16.5. The van der Waals surface area contributed by atoms with E-state index in [9.17, 15) is 14.9 Å². The third kappa shape index (κ3) is 4.51. The first-order valence-electron chi connectivity index (χ1n) is 9.72. The van der Waals surface area contributed by atoms with Crippen LogP contribution >= 0.6 is 0 Å². The Morgan fingerprint density at radius 3 is 2.52 bits per heavy atom. The van der Waals surface area contributed by atoms with E-state index in [1.165, 1.54) is 12.1 Å². The summed E-state index contributed by atoms with van der Waals surface area (Å²) in [6.45, 7) is 0. The van der Waals surface area contributed by atoms with Crippen LogP contribution < -0.4 is 10.5 Å². The molecule has 0 saturated heterocycles. The van der Waals surface area contributed by atoms with Crippen LogP contribution in [0.5, 0.6) is 5.75 Å². The number of hydrogen-bond acceptors (Lipinski definition) is 5. The Kier molecular flexibility index (Phi) is 5.57. The highest BCUT2D eigenvalue weighted by Crippen LogP contribution is 2.29. The Hall–Kier alpha value is -4.26. The molecule has 0 radical (unpaired) electrons. The number of non-ortho nitro benzene ring substituents is 1. The van der Waals surface area contributed by atoms with Gasteiger partial charge in [-0.15, -0.1) is 0 Å². The van der Waals surface area contributed by atoms with Crippen LogP contribution in [0.15, 0.2) is 84.7 Å². The van der Waals surface area contributed by atoms with Crippen molar-refractivity contribution in [2.45, 2.75) is 12.8 Å². The number of hydrogen-bond donors (Lipinski definition) is 1. The van der Waals surface area contributed by atoms with Gasteiger partial charge in [-0.05, 0) is 61.4 Å². The van der Waals surface area contributed by atoms with E-state index < -0.39 is 10.8 Å². The maximum atomic E-state index is 12.0. The molecule has 0 aliphatic heterocycles. The van der Waals surface area contributed by atoms with Crippen molar-refractivity contribution in [1.29, 1.82) is 0 Å². The van der Waals surface area contributed by atoms with Crippen molar-refractivity contribution in [3.63, 3.8) is 0 Å². The Morgan fingerprint density at radius 1 is 1.03 bits per heavy atom. The standard InChI is InChI=1S/C24H19N3O4/c25-24(28)21-13-14-22(17-5-4-6-18(15-17)27(29)30)26-23(21)16-9-11-20(12-10-16)31-19-7-2-1-3-8-19/h2,4-15H,1,3H2,(H2,25,28). The minimum absolute atomic E-state index is 0.0348. The van der Waals surface area contributed by atoms with Crippen molar-refractivity contribution >= 4 is 11.6 Å². The number of aromatic nitrogens is 1. The van der Waals surface area contributed by atoms with Gasteiger partial charge >= 0.3 is 0 Å². The molecule has 0 unspecified atom stereocenters. The second kappa shape index (κ2) is 8.62. The molecule has 7 nitrogen and oxygen atoms in total. The van der Waals surface area contributed by atoms with Gasteiger partial charge in [-0.25, -0.2) is 4.98 Å². The number of ether oxygens (including phenoxy) is 1. The third-order valence-electron chi connectivity index (χ3n) is 4.84. The molecule has 154 valence electrons. The van der Waals surface area contributed by atoms with Crippen LogP contribution in [0, 0.1) is 10.1 Å². The fourth-order valence-corrected chi connectivity index (χ4v) is 3.30. The Labute approximate surface area is 178 Å². The minimum Gasteiger partial charge on any atom is -0.458 e. The molecule has 1 aliphatic carbocycles. The van der Waals surface area contributed by atoms with Gasteiger partial charge in [-0.1, -0.05) is 18.2 Å². The van der Waals surface area contributed by atoms with Gasteiger partial charge in [0.2, 0.25) is 0 Å². The van der Waals surface area contributed by atoms with Gasteiger partial charge in [-0.2, -0.15) is 0 Å². The second-order valence-corrected chi connectivity index (χ2v) is 6.98. The third-order valence-corrected chi connectivity index (χ3v) is 4.84. The van der Waals surface area contributed by atoms with Crippen molar-refractivity contribution in [2.75, 3.05) is 0 Å². The summed E-state index contributed by atoms with van der Waals surface area (Å²) < 4.78 is 5.85. The van der Waals surface area contributed by atoms with E-state index in [1.54, 1.807) is 48.5 Å². The van der Waals surface area contributed by atoms with Crippen molar-refractivity contribution in [3.05, 3.63) is 100 Å². The zero-order valence-corrected chi connectivity index (χ0v) is 16.5. The van der Waals surface area contributed by atoms with Gasteiger partial charge in [0.15, 0.2) is 0 Å². The number of carbonyl (C=O) groups excluding carboxylic acids is 1. The van der Waals surface area contributed by atoms with Crippen LogP contribution in [0.25, 0.3) is 22.5 Å². The summed E-state index contributed by atoms with van der Waals surface area (Å²) in [5, 5.41) is 11.1. The van der Waals surface area contributed by atoms with E-state index in [0.717, 1.165) is 18.6 Å². The Bertz CT molecular complexity index is 1210. The summed E-state index contributed by atoms with van der Waals surface area (Å²) in [5.74, 6) is 0.852. The number of nitrogens with zero attached hydrogens (tertiary/aromatic N) is 2. The van der Waals surface area contributed by atoms with Gasteiger partial charge in [-0.3, -0.25) is 14.9 Å². The van der Waals surface area contributed by atoms with E-state index in [4.69, 9.17) is 10.5 Å². The molecule has 2 N–H and O–H groups in total. The molecule has 0 saturated carbocycles. The number of nitrogens with two attached hydrogens (primary N) is 1. The summed E-state index contributed by atoms with van der Waals surface area (Å²) in [5.41, 5.74) is 7.94. The molecule has 31 heavy (non-hydrogen) atoms. The fraction of sp³-hybridized carbons (Fsp3) is 0.0833. The van der Waals surface area contributed by atoms with Crippen LogP contribution in [0.4, 0.5) is 5.69 Å². The van der Waals surface area contributed by atoms with Gasteiger partial charge in [0.1, 0.15) is 11.5 Å². The number of pyridine rings is 1. The first kappa shape index (κ1) is 20.0. The maximum Gasteiger partial charge on any atom is 0.270 e. The van der Waals surface area contributed by atoms with Crippen molar-refractivity contribution in [2.24, 2.45) is 5.73 Å². The highest BCUT2D eigenvalue weighted by molar-refractivity contribution is 5.99. The van der Waals surface area contributed by atoms with Crippen LogP contribution in [0.3, 0.4) is 0 Å². The maximum absolute atomic E-state index is 12.0. The summed E-state index contributed by atoms with van der Waals surface area (Å²) in [7, 11) is 0. The lowest BCUT2D eigenvalue weighted by atomic mass is 10.0. The largest absolute Gasteiger partial charge is 0.458 e. The predicted octanol–water partition coefficient (Wildman–Crippen LogP) is 5.04. The number of amides is 1. The van der Waals surface area contributed by atoms with Crippen molar-refractivity contribution < 1.29 is 14.5 Å². The smallest absolute Gasteiger partial charge is 0.270 e. The number of carbonyl (C=O) groups is 1. The first-order chi connectivity index (χ1) is 15.0. The molecule has 0 bridgehead atoms. The number of benzene rings is 2. The van der Waals surface area contributed by atoms with Crippen LogP contribution in [0.1, 0.15) is 23.2 Å². The first-order valence-corrected chi connectivity index (χ1v) is 9.72. The predicted molar refractivity (Wildman–Crippen MR) is 117 cm³/mol. The monoisotopic (exact) mass is 413 g/mol. The highest BCUT2D eigenvalue weighted by atomic mass is 16.6. The molecule has 1 amide bonds. The second-order valence-electron chi connectivity index (χ2n) is 6.98. The van der Waals surface area contributed by atoms with E-state index in [-0.39, 0.29) is 11.3 Å². The molecule has 0 atom stereocenters. The lowest BCUT2D eigenvalue weighted by Gasteiger charge is -2.12. The molecule has 1 heterocycles. The molecule has 1 aliphatic rings. The summed E-state index contributed by atoms with van der Waals surface area (Å²) >= 11 is 0. The number of rotatable bonds is 6. The quantitative estimate of drug-likeness (QED) is 0.450. The van der Waals surface area contributed by atoms with E-state index in [2.05, 4.69) is 11.1 Å². The topological polar surface area (TPSA) is 108 Å². The number of nitro benzene ring substituents is 1. The molecule has 3 aromatic rings. The van der Waals surface area contributed by atoms with Gasteiger partial charge < -0.3 is 10.5 Å². The van der Waals surface area contributed by atoms with E-state index in [1.807, 2.05) is 12.2 Å². The Balaban J connectivity index is 1.69. The molecule has 2 aromatic carbocycles. The molecule has 1 aromatic heterocycles. The number of nitro groups is 1. The van der Waals surface area contributed by atoms with Crippen LogP contribution in [-0.2, 0) is 0 Å². The molecule has 4 rings (SSSR count). The molecule has 7 heteroatoms. The average Bonchev–Trinajstić information content (AvgIpc) is 2.80. The summed E-state index contributed by atoms with van der Waals surface area (Å²) in [6.07, 6.45) is 7.98. The van der Waals surface area contributed by atoms with Crippen molar-refractivity contribution in [1.82, 2.24) is 4.98 Å². The summed E-state index contributed by atoms with van der Waals surface area (Å²) in [4.78, 5) is 27.2. The number of allylic oxidation sites excluding steroid dienone is 3.